The molecule has 0 bridgehead atoms. The Balaban J connectivity index is 1.56. The Labute approximate surface area is 173 Å². The Morgan fingerprint density at radius 2 is 1.72 bits per heavy atom. The Bertz CT molecular complexity index is 892. The van der Waals surface area contributed by atoms with Crippen molar-refractivity contribution in [2.24, 2.45) is 0 Å². The molecule has 1 saturated carbocycles. The monoisotopic (exact) mass is 387 g/mol. The van der Waals surface area contributed by atoms with E-state index in [2.05, 4.69) is 64.7 Å². The molecule has 0 amide bonds. The molecule has 0 spiro atoms. The van der Waals surface area contributed by atoms with Gasteiger partial charge in [0.2, 0.25) is 5.95 Å². The molecule has 4 rings (SSSR count). The molecule has 150 valence electrons. The molecule has 1 fully saturated rings. The fraction of sp³-hybridized carbons (Fsp3) is 0.375. The molecule has 1 aromatic carbocycles. The van der Waals surface area contributed by atoms with Crippen LogP contribution in [-0.4, -0.2) is 34.6 Å². The second kappa shape index (κ2) is 9.50. The first-order valence-corrected chi connectivity index (χ1v) is 10.6. The third kappa shape index (κ3) is 5.31. The predicted molar refractivity (Wildman–Crippen MR) is 119 cm³/mol. The molecule has 1 aliphatic rings. The number of hydrogen-bond acceptors (Lipinski definition) is 5. The van der Waals surface area contributed by atoms with Crippen LogP contribution in [0, 0.1) is 0 Å². The van der Waals surface area contributed by atoms with Gasteiger partial charge < -0.3 is 10.2 Å². The lowest BCUT2D eigenvalue weighted by Gasteiger charge is -2.24. The summed E-state index contributed by atoms with van der Waals surface area (Å²) in [7, 11) is 2.10. The first-order chi connectivity index (χ1) is 14.3. The maximum absolute atomic E-state index is 4.86. The summed E-state index contributed by atoms with van der Waals surface area (Å²) >= 11 is 0. The number of nitrogens with one attached hydrogen (secondary N) is 1. The zero-order valence-corrected chi connectivity index (χ0v) is 17.1. The summed E-state index contributed by atoms with van der Waals surface area (Å²) in [5.74, 6) is 1.69. The van der Waals surface area contributed by atoms with Crippen LogP contribution >= 0.6 is 0 Å². The molecule has 5 nitrogen and oxygen atoms in total. The summed E-state index contributed by atoms with van der Waals surface area (Å²) in [6.07, 6.45) is 11.0. The van der Waals surface area contributed by atoms with E-state index in [9.17, 15) is 0 Å². The van der Waals surface area contributed by atoms with Gasteiger partial charge in [0.15, 0.2) is 0 Å². The average Bonchev–Trinajstić information content (AvgIpc) is 2.79. The minimum Gasteiger partial charge on any atom is -0.359 e. The Morgan fingerprint density at radius 1 is 0.966 bits per heavy atom. The van der Waals surface area contributed by atoms with Gasteiger partial charge in [0.1, 0.15) is 5.82 Å². The maximum atomic E-state index is 4.86. The van der Waals surface area contributed by atoms with E-state index >= 15 is 0 Å². The van der Waals surface area contributed by atoms with Gasteiger partial charge >= 0.3 is 0 Å². The fourth-order valence-corrected chi connectivity index (χ4v) is 3.84. The lowest BCUT2D eigenvalue weighted by atomic mass is 9.96. The van der Waals surface area contributed by atoms with Gasteiger partial charge in [-0.3, -0.25) is 4.98 Å². The molecule has 2 heterocycles. The van der Waals surface area contributed by atoms with Crippen LogP contribution < -0.4 is 10.2 Å². The highest BCUT2D eigenvalue weighted by Gasteiger charge is 2.16. The number of hydrogen-bond donors (Lipinski definition) is 1. The summed E-state index contributed by atoms with van der Waals surface area (Å²) in [5.41, 5.74) is 3.36. The van der Waals surface area contributed by atoms with Crippen molar-refractivity contribution in [2.45, 2.75) is 44.6 Å². The first-order valence-electron chi connectivity index (χ1n) is 10.6. The van der Waals surface area contributed by atoms with Gasteiger partial charge in [-0.1, -0.05) is 49.6 Å². The van der Waals surface area contributed by atoms with E-state index in [-0.39, 0.29) is 0 Å². The minimum atomic E-state index is 0.477. The minimum absolute atomic E-state index is 0.477. The topological polar surface area (TPSA) is 53.9 Å². The number of anilines is 2. The zero-order valence-electron chi connectivity index (χ0n) is 17.1. The van der Waals surface area contributed by atoms with Crippen molar-refractivity contribution in [3.05, 3.63) is 66.5 Å². The number of nitrogens with zero attached hydrogens (tertiary/aromatic N) is 4. The van der Waals surface area contributed by atoms with Crippen molar-refractivity contribution < 1.29 is 0 Å². The Kier molecular flexibility index (Phi) is 6.35. The van der Waals surface area contributed by atoms with Crippen LogP contribution in [0.15, 0.2) is 60.9 Å². The largest absolute Gasteiger partial charge is 0.359 e. The van der Waals surface area contributed by atoms with Crippen LogP contribution in [0.2, 0.25) is 0 Å². The zero-order chi connectivity index (χ0) is 19.9. The van der Waals surface area contributed by atoms with Crippen LogP contribution in [0.5, 0.6) is 0 Å². The van der Waals surface area contributed by atoms with Crippen molar-refractivity contribution in [3.8, 4) is 11.3 Å². The smallest absolute Gasteiger partial charge is 0.225 e. The third-order valence-electron chi connectivity index (χ3n) is 5.60. The molecule has 0 radical (unpaired) electrons. The number of aromatic nitrogens is 3. The molecule has 0 saturated heterocycles. The Hall–Kier alpha value is -2.95. The highest BCUT2D eigenvalue weighted by atomic mass is 15.2. The van der Waals surface area contributed by atoms with Crippen molar-refractivity contribution in [2.75, 3.05) is 23.8 Å². The highest BCUT2D eigenvalue weighted by Crippen LogP contribution is 2.25. The van der Waals surface area contributed by atoms with Crippen molar-refractivity contribution in [1.29, 1.82) is 0 Å². The fourth-order valence-electron chi connectivity index (χ4n) is 3.84. The van der Waals surface area contributed by atoms with Crippen molar-refractivity contribution >= 4 is 11.8 Å². The molecule has 5 heteroatoms. The van der Waals surface area contributed by atoms with Gasteiger partial charge in [0, 0.05) is 43.7 Å². The molecule has 29 heavy (non-hydrogen) atoms. The van der Waals surface area contributed by atoms with Gasteiger partial charge in [0.25, 0.3) is 0 Å². The summed E-state index contributed by atoms with van der Waals surface area (Å²) in [5, 5.41) is 3.60. The Morgan fingerprint density at radius 3 is 2.48 bits per heavy atom. The van der Waals surface area contributed by atoms with Gasteiger partial charge in [0.05, 0.1) is 5.69 Å². The van der Waals surface area contributed by atoms with E-state index < -0.39 is 0 Å². The van der Waals surface area contributed by atoms with E-state index in [1.807, 2.05) is 18.5 Å². The summed E-state index contributed by atoms with van der Waals surface area (Å²) in [6, 6.07) is 17.1. The number of benzene rings is 1. The standard InChI is InChI=1S/C24H29N5/c1-29(17-14-19-12-15-25-16-13-19)23-18-22(20-8-4-2-5-9-20)27-24(28-23)26-21-10-6-3-7-11-21/h2,4-5,8-9,12-13,15-16,18,21H,3,6-7,10-11,14,17H2,1H3,(H,26,27,28). The van der Waals surface area contributed by atoms with E-state index in [4.69, 9.17) is 9.97 Å². The first kappa shape index (κ1) is 19.4. The van der Waals surface area contributed by atoms with Crippen LogP contribution in [0.3, 0.4) is 0 Å². The maximum Gasteiger partial charge on any atom is 0.225 e. The highest BCUT2D eigenvalue weighted by molar-refractivity contribution is 5.64. The molecule has 2 aromatic heterocycles. The van der Waals surface area contributed by atoms with E-state index in [1.54, 1.807) is 0 Å². The van der Waals surface area contributed by atoms with Gasteiger partial charge in [-0.25, -0.2) is 4.98 Å². The molecule has 0 unspecified atom stereocenters. The van der Waals surface area contributed by atoms with Crippen LogP contribution in [0.1, 0.15) is 37.7 Å². The van der Waals surface area contributed by atoms with Gasteiger partial charge in [-0.15, -0.1) is 0 Å². The average molecular weight is 388 g/mol. The SMILES string of the molecule is CN(CCc1ccncc1)c1cc(-c2ccccc2)nc(NC2CCCCC2)n1. The molecule has 1 N–H and O–H groups in total. The quantitative estimate of drug-likeness (QED) is 0.621. The molecular weight excluding hydrogens is 358 g/mol. The number of pyridine rings is 1. The lowest BCUT2D eigenvalue weighted by molar-refractivity contribution is 0.461. The van der Waals surface area contributed by atoms with Crippen LogP contribution in [-0.2, 0) is 6.42 Å². The van der Waals surface area contributed by atoms with Gasteiger partial charge in [-0.05, 0) is 37.0 Å². The van der Waals surface area contributed by atoms with Crippen molar-refractivity contribution in [3.63, 3.8) is 0 Å². The van der Waals surface area contributed by atoms with E-state index in [0.717, 1.165) is 36.0 Å². The van der Waals surface area contributed by atoms with Crippen LogP contribution in [0.4, 0.5) is 11.8 Å². The second-order valence-electron chi connectivity index (χ2n) is 7.81. The molecule has 0 atom stereocenters. The van der Waals surface area contributed by atoms with Gasteiger partial charge in [-0.2, -0.15) is 4.98 Å². The summed E-state index contributed by atoms with van der Waals surface area (Å²) < 4.78 is 0. The summed E-state index contributed by atoms with van der Waals surface area (Å²) in [6.45, 7) is 0.887. The van der Waals surface area contributed by atoms with Crippen LogP contribution in [0.25, 0.3) is 11.3 Å². The van der Waals surface area contributed by atoms with E-state index in [0.29, 0.717) is 6.04 Å². The molecular formula is C24H29N5. The van der Waals surface area contributed by atoms with Crippen molar-refractivity contribution in [1.82, 2.24) is 15.0 Å². The lowest BCUT2D eigenvalue weighted by Crippen LogP contribution is -2.25. The number of rotatable bonds is 7. The summed E-state index contributed by atoms with van der Waals surface area (Å²) in [4.78, 5) is 16.0. The molecule has 1 aliphatic carbocycles. The molecule has 0 aliphatic heterocycles. The normalized spacial score (nSPS) is 14.5. The number of likely N-dealkylation sites (N-methyl/N-ethyl adjacent to an activating group) is 1. The molecule has 3 aromatic rings. The predicted octanol–water partition coefficient (Wildman–Crippen LogP) is 4.96. The third-order valence-corrected chi connectivity index (χ3v) is 5.60. The second-order valence-corrected chi connectivity index (χ2v) is 7.81. The van der Waals surface area contributed by atoms with E-state index in [1.165, 1.54) is 37.7 Å².